The molecule has 0 aromatic heterocycles. The van der Waals surface area contributed by atoms with Gasteiger partial charge in [-0.1, -0.05) is 19.9 Å². The Kier molecular flexibility index (Phi) is 5.83. The van der Waals surface area contributed by atoms with E-state index in [0.29, 0.717) is 5.56 Å². The van der Waals surface area contributed by atoms with Gasteiger partial charge in [0.15, 0.2) is 0 Å². The van der Waals surface area contributed by atoms with Crippen molar-refractivity contribution in [1.29, 1.82) is 5.26 Å². The molecule has 0 N–H and O–H groups in total. The molecule has 2 heterocycles. The molecule has 2 aliphatic rings. The fourth-order valence-corrected chi connectivity index (χ4v) is 4.15. The first-order chi connectivity index (χ1) is 12.6. The lowest BCUT2D eigenvalue weighted by Crippen LogP contribution is -2.47. The first-order valence-corrected chi connectivity index (χ1v) is 9.79. The van der Waals surface area contributed by atoms with Crippen LogP contribution in [0.4, 0.5) is 5.69 Å². The lowest BCUT2D eigenvalue weighted by molar-refractivity contribution is -0.149. The van der Waals surface area contributed by atoms with Crippen LogP contribution in [0.15, 0.2) is 24.3 Å². The summed E-state index contributed by atoms with van der Waals surface area (Å²) in [6.07, 6.45) is 3.63. The van der Waals surface area contributed by atoms with E-state index in [0.717, 1.165) is 64.1 Å². The van der Waals surface area contributed by atoms with Crippen molar-refractivity contribution in [3.8, 4) is 6.07 Å². The molecule has 0 radical (unpaired) electrons. The number of ether oxygens (including phenoxy) is 1. The molecule has 1 aromatic carbocycles. The maximum atomic E-state index is 12.2. The van der Waals surface area contributed by atoms with Crippen LogP contribution in [0.5, 0.6) is 0 Å². The number of anilines is 1. The summed E-state index contributed by atoms with van der Waals surface area (Å²) in [5.41, 5.74) is 1.60. The largest absolute Gasteiger partial charge is 0.462 e. The number of esters is 1. The van der Waals surface area contributed by atoms with E-state index in [2.05, 4.69) is 35.8 Å². The molecule has 2 fully saturated rings. The summed E-state index contributed by atoms with van der Waals surface area (Å²) in [6, 6.07) is 10.0. The zero-order valence-corrected chi connectivity index (χ0v) is 15.9. The number of hydrogen-bond acceptors (Lipinski definition) is 5. The van der Waals surface area contributed by atoms with Gasteiger partial charge in [0.2, 0.25) is 0 Å². The van der Waals surface area contributed by atoms with Crippen molar-refractivity contribution in [2.45, 2.75) is 45.6 Å². The van der Waals surface area contributed by atoms with Crippen LogP contribution >= 0.6 is 0 Å². The van der Waals surface area contributed by atoms with Crippen LogP contribution in [0.25, 0.3) is 0 Å². The molecule has 0 bridgehead atoms. The topological polar surface area (TPSA) is 56.6 Å². The zero-order valence-electron chi connectivity index (χ0n) is 15.9. The fourth-order valence-electron chi connectivity index (χ4n) is 4.15. The van der Waals surface area contributed by atoms with Crippen LogP contribution in [-0.2, 0) is 9.53 Å². The van der Waals surface area contributed by atoms with Crippen molar-refractivity contribution >= 4 is 11.7 Å². The SMILES string of the molecule is CCC1(CC)CC(CCN2CCN(c3cccc(C#N)c3)CC2)OC1=O. The van der Waals surface area contributed by atoms with Gasteiger partial charge in [0.25, 0.3) is 0 Å². The van der Waals surface area contributed by atoms with Gasteiger partial charge >= 0.3 is 5.97 Å². The molecule has 0 aliphatic carbocycles. The average molecular weight is 355 g/mol. The average Bonchev–Trinajstić information content (AvgIpc) is 3.03. The normalized spacial score (nSPS) is 22.9. The summed E-state index contributed by atoms with van der Waals surface area (Å²) < 4.78 is 5.66. The van der Waals surface area contributed by atoms with Gasteiger partial charge in [0.1, 0.15) is 6.10 Å². The van der Waals surface area contributed by atoms with Crippen molar-refractivity contribution in [2.75, 3.05) is 37.6 Å². The molecule has 3 rings (SSSR count). The summed E-state index contributed by atoms with van der Waals surface area (Å²) in [5, 5.41) is 9.05. The molecule has 1 atom stereocenters. The van der Waals surface area contributed by atoms with E-state index in [9.17, 15) is 4.79 Å². The molecule has 0 saturated carbocycles. The summed E-state index contributed by atoms with van der Waals surface area (Å²) >= 11 is 0. The molecule has 2 saturated heterocycles. The number of carbonyl (C=O) groups is 1. The van der Waals surface area contributed by atoms with E-state index < -0.39 is 0 Å². The second kappa shape index (κ2) is 8.09. The molecule has 5 nitrogen and oxygen atoms in total. The minimum absolute atomic E-state index is 0.00898. The number of nitriles is 1. The van der Waals surface area contributed by atoms with Crippen molar-refractivity contribution in [3.63, 3.8) is 0 Å². The third-order valence-corrected chi connectivity index (χ3v) is 6.16. The van der Waals surface area contributed by atoms with Gasteiger partial charge < -0.3 is 9.64 Å². The highest BCUT2D eigenvalue weighted by Crippen LogP contribution is 2.41. The van der Waals surface area contributed by atoms with Gasteiger partial charge in [-0.3, -0.25) is 9.69 Å². The highest BCUT2D eigenvalue weighted by Gasteiger charge is 2.46. The van der Waals surface area contributed by atoms with Crippen LogP contribution in [0.3, 0.4) is 0 Å². The van der Waals surface area contributed by atoms with E-state index in [1.54, 1.807) is 0 Å². The third-order valence-electron chi connectivity index (χ3n) is 6.16. The minimum atomic E-state index is -0.241. The number of piperazine rings is 1. The number of benzene rings is 1. The molecule has 1 aromatic rings. The highest BCUT2D eigenvalue weighted by molar-refractivity contribution is 5.78. The number of carbonyl (C=O) groups excluding carboxylic acids is 1. The first-order valence-electron chi connectivity index (χ1n) is 9.79. The molecule has 140 valence electrons. The second-order valence-corrected chi connectivity index (χ2v) is 7.50. The van der Waals surface area contributed by atoms with Crippen molar-refractivity contribution in [3.05, 3.63) is 29.8 Å². The minimum Gasteiger partial charge on any atom is -0.462 e. The maximum Gasteiger partial charge on any atom is 0.312 e. The van der Waals surface area contributed by atoms with Crippen LogP contribution in [0, 0.1) is 16.7 Å². The molecule has 5 heteroatoms. The van der Waals surface area contributed by atoms with E-state index in [1.807, 2.05) is 18.2 Å². The van der Waals surface area contributed by atoms with Gasteiger partial charge in [0, 0.05) is 44.8 Å². The summed E-state index contributed by atoms with van der Waals surface area (Å²) in [5.74, 6) is 0.00898. The zero-order chi connectivity index (χ0) is 18.6. The van der Waals surface area contributed by atoms with Crippen LogP contribution in [0.1, 0.15) is 45.1 Å². The smallest absolute Gasteiger partial charge is 0.312 e. The number of nitrogens with zero attached hydrogens (tertiary/aromatic N) is 3. The van der Waals surface area contributed by atoms with Gasteiger partial charge in [-0.15, -0.1) is 0 Å². The Hall–Kier alpha value is -2.06. The molecule has 0 spiro atoms. The Morgan fingerprint density at radius 3 is 2.58 bits per heavy atom. The van der Waals surface area contributed by atoms with Crippen molar-refractivity contribution in [2.24, 2.45) is 5.41 Å². The standard InChI is InChI=1S/C21H29N3O2/c1-3-21(4-2)15-19(26-20(21)25)8-9-23-10-12-24(13-11-23)18-7-5-6-17(14-18)16-22/h5-7,14,19H,3-4,8-13,15H2,1-2H3. The first kappa shape index (κ1) is 18.7. The molecule has 1 unspecified atom stereocenters. The Balaban J connectivity index is 1.46. The predicted octanol–water partition coefficient (Wildman–Crippen LogP) is 3.19. The van der Waals surface area contributed by atoms with E-state index in [1.165, 1.54) is 0 Å². The van der Waals surface area contributed by atoms with Gasteiger partial charge in [-0.2, -0.15) is 5.26 Å². The predicted molar refractivity (Wildman–Crippen MR) is 102 cm³/mol. The highest BCUT2D eigenvalue weighted by atomic mass is 16.6. The van der Waals surface area contributed by atoms with Gasteiger partial charge in [-0.05, 0) is 37.5 Å². The summed E-state index contributed by atoms with van der Waals surface area (Å²) in [6.45, 7) is 9.10. The maximum absolute atomic E-state index is 12.2. The van der Waals surface area contributed by atoms with Gasteiger partial charge in [-0.25, -0.2) is 0 Å². The van der Waals surface area contributed by atoms with E-state index in [4.69, 9.17) is 10.00 Å². The van der Waals surface area contributed by atoms with Crippen LogP contribution in [0.2, 0.25) is 0 Å². The summed E-state index contributed by atoms with van der Waals surface area (Å²) in [7, 11) is 0. The molecule has 26 heavy (non-hydrogen) atoms. The Morgan fingerprint density at radius 2 is 1.96 bits per heavy atom. The van der Waals surface area contributed by atoms with Crippen molar-refractivity contribution in [1.82, 2.24) is 4.90 Å². The second-order valence-electron chi connectivity index (χ2n) is 7.50. The Labute approximate surface area is 156 Å². The number of rotatable bonds is 6. The molecular weight excluding hydrogens is 326 g/mol. The Morgan fingerprint density at radius 1 is 1.23 bits per heavy atom. The quantitative estimate of drug-likeness (QED) is 0.734. The molecule has 0 amide bonds. The van der Waals surface area contributed by atoms with E-state index >= 15 is 0 Å². The summed E-state index contributed by atoms with van der Waals surface area (Å²) in [4.78, 5) is 17.0. The van der Waals surface area contributed by atoms with E-state index in [-0.39, 0.29) is 17.5 Å². The Bertz CT molecular complexity index is 670. The third kappa shape index (κ3) is 3.86. The lowest BCUT2D eigenvalue weighted by Gasteiger charge is -2.36. The van der Waals surface area contributed by atoms with Crippen LogP contribution in [-0.4, -0.2) is 49.7 Å². The lowest BCUT2D eigenvalue weighted by atomic mass is 9.79. The van der Waals surface area contributed by atoms with Gasteiger partial charge in [0.05, 0.1) is 17.0 Å². The molecule has 2 aliphatic heterocycles. The number of hydrogen-bond donors (Lipinski definition) is 0. The monoisotopic (exact) mass is 355 g/mol. The number of cyclic esters (lactones) is 1. The fraction of sp³-hybridized carbons (Fsp3) is 0.619. The van der Waals surface area contributed by atoms with Crippen molar-refractivity contribution < 1.29 is 9.53 Å². The molecular formula is C21H29N3O2. The van der Waals surface area contributed by atoms with Crippen LogP contribution < -0.4 is 4.90 Å².